The number of benzene rings is 1. The Balaban J connectivity index is 2.03. The molecule has 2 fully saturated rings. The lowest BCUT2D eigenvalue weighted by Crippen LogP contribution is -2.52. The van der Waals surface area contributed by atoms with E-state index in [1.165, 1.54) is 13.2 Å². The van der Waals surface area contributed by atoms with Crippen LogP contribution in [-0.4, -0.2) is 54.9 Å². The SMILES string of the molecule is CC#Cc1cc(F)c(C2C(=O)N(C)C3(CCC(OC)CC3)C2O)c(OC)c1. The predicted octanol–water partition coefficient (Wildman–Crippen LogP) is 2.45. The van der Waals surface area contributed by atoms with Gasteiger partial charge in [-0.1, -0.05) is 5.92 Å². The van der Waals surface area contributed by atoms with E-state index in [1.807, 2.05) is 0 Å². The third-order valence-electron chi connectivity index (χ3n) is 6.15. The third kappa shape index (κ3) is 3.09. The third-order valence-corrected chi connectivity index (χ3v) is 6.15. The number of nitrogens with zero attached hydrogens (tertiary/aromatic N) is 1. The molecule has 5 nitrogen and oxygen atoms in total. The molecule has 1 amide bonds. The van der Waals surface area contributed by atoms with E-state index in [2.05, 4.69) is 11.8 Å². The number of likely N-dealkylation sites (tertiary alicyclic amines) is 1. The minimum Gasteiger partial charge on any atom is -0.496 e. The number of aliphatic hydroxyl groups excluding tert-OH is 1. The molecule has 0 aromatic heterocycles. The van der Waals surface area contributed by atoms with Crippen molar-refractivity contribution in [1.29, 1.82) is 0 Å². The van der Waals surface area contributed by atoms with Crippen LogP contribution in [0.5, 0.6) is 5.75 Å². The summed E-state index contributed by atoms with van der Waals surface area (Å²) in [6.45, 7) is 1.66. The maximum Gasteiger partial charge on any atom is 0.233 e. The van der Waals surface area contributed by atoms with E-state index in [9.17, 15) is 14.3 Å². The Hall–Kier alpha value is -2.10. The van der Waals surface area contributed by atoms with E-state index in [1.54, 1.807) is 32.0 Å². The van der Waals surface area contributed by atoms with Gasteiger partial charge in [-0.15, -0.1) is 5.92 Å². The Labute approximate surface area is 159 Å². The Kier molecular flexibility index (Phi) is 5.45. The minimum absolute atomic E-state index is 0.106. The van der Waals surface area contributed by atoms with E-state index in [0.29, 0.717) is 18.4 Å². The number of ether oxygens (including phenoxy) is 2. The van der Waals surface area contributed by atoms with Crippen molar-refractivity contribution in [3.05, 3.63) is 29.1 Å². The summed E-state index contributed by atoms with van der Waals surface area (Å²) in [6.07, 6.45) is 1.86. The fourth-order valence-electron chi connectivity index (χ4n) is 4.59. The van der Waals surface area contributed by atoms with Crippen LogP contribution < -0.4 is 4.74 Å². The molecule has 1 N–H and O–H groups in total. The fourth-order valence-corrected chi connectivity index (χ4v) is 4.59. The molecule has 3 rings (SSSR count). The van der Waals surface area contributed by atoms with Gasteiger partial charge in [0, 0.05) is 25.3 Å². The maximum absolute atomic E-state index is 15.0. The first-order valence-corrected chi connectivity index (χ1v) is 9.18. The average molecular weight is 375 g/mol. The molecule has 2 unspecified atom stereocenters. The minimum atomic E-state index is -1.01. The second kappa shape index (κ2) is 7.49. The quantitative estimate of drug-likeness (QED) is 0.825. The van der Waals surface area contributed by atoms with Crippen LogP contribution in [0.3, 0.4) is 0 Å². The average Bonchev–Trinajstić information content (AvgIpc) is 2.84. The van der Waals surface area contributed by atoms with Gasteiger partial charge in [0.15, 0.2) is 0 Å². The van der Waals surface area contributed by atoms with Crippen LogP contribution in [0.25, 0.3) is 0 Å². The molecule has 1 saturated carbocycles. The lowest BCUT2D eigenvalue weighted by molar-refractivity contribution is -0.132. The molecule has 146 valence electrons. The first-order valence-electron chi connectivity index (χ1n) is 9.18. The molecule has 2 aliphatic rings. The second-order valence-electron chi connectivity index (χ2n) is 7.31. The van der Waals surface area contributed by atoms with Crippen molar-refractivity contribution in [2.24, 2.45) is 0 Å². The van der Waals surface area contributed by atoms with Crippen LogP contribution in [-0.2, 0) is 9.53 Å². The zero-order valence-corrected chi connectivity index (χ0v) is 16.2. The number of carbonyl (C=O) groups is 1. The smallest absolute Gasteiger partial charge is 0.233 e. The number of carbonyl (C=O) groups excluding carboxylic acids is 1. The summed E-state index contributed by atoms with van der Waals surface area (Å²) >= 11 is 0. The molecule has 0 bridgehead atoms. The van der Waals surface area contributed by atoms with Gasteiger partial charge in [0.25, 0.3) is 0 Å². The van der Waals surface area contributed by atoms with Crippen LogP contribution in [0.2, 0.25) is 0 Å². The molecular weight excluding hydrogens is 349 g/mol. The normalized spacial score (nSPS) is 30.4. The first kappa shape index (κ1) is 19.7. The van der Waals surface area contributed by atoms with Gasteiger partial charge in [-0.05, 0) is 44.7 Å². The Morgan fingerprint density at radius 2 is 1.96 bits per heavy atom. The van der Waals surface area contributed by atoms with E-state index in [4.69, 9.17) is 9.47 Å². The molecular formula is C21H26FNO4. The van der Waals surface area contributed by atoms with Crippen LogP contribution in [0.1, 0.15) is 49.7 Å². The molecule has 1 spiro atoms. The lowest BCUT2D eigenvalue weighted by Gasteiger charge is -2.43. The van der Waals surface area contributed by atoms with Gasteiger partial charge in [-0.25, -0.2) is 4.39 Å². The van der Waals surface area contributed by atoms with Crippen molar-refractivity contribution in [2.45, 2.75) is 56.3 Å². The number of rotatable bonds is 3. The number of halogens is 1. The number of likely N-dealkylation sites (N-methyl/N-ethyl adjacent to an activating group) is 1. The monoisotopic (exact) mass is 375 g/mol. The van der Waals surface area contributed by atoms with Crippen molar-refractivity contribution in [2.75, 3.05) is 21.3 Å². The number of aliphatic hydroxyl groups is 1. The molecule has 1 heterocycles. The van der Waals surface area contributed by atoms with Crippen LogP contribution in [0.15, 0.2) is 12.1 Å². The zero-order chi connectivity index (χ0) is 19.8. The van der Waals surface area contributed by atoms with Crippen molar-refractivity contribution in [3.8, 4) is 17.6 Å². The Morgan fingerprint density at radius 3 is 2.52 bits per heavy atom. The predicted molar refractivity (Wildman–Crippen MR) is 99.0 cm³/mol. The molecule has 1 saturated heterocycles. The number of methoxy groups -OCH3 is 2. The van der Waals surface area contributed by atoms with Crippen LogP contribution in [0, 0.1) is 17.7 Å². The summed E-state index contributed by atoms with van der Waals surface area (Å²) in [5.41, 5.74) is -0.121. The summed E-state index contributed by atoms with van der Waals surface area (Å²) in [7, 11) is 4.79. The molecule has 1 aliphatic heterocycles. The van der Waals surface area contributed by atoms with E-state index >= 15 is 0 Å². The highest BCUT2D eigenvalue weighted by Crippen LogP contribution is 2.49. The summed E-state index contributed by atoms with van der Waals surface area (Å²) < 4.78 is 25.7. The van der Waals surface area contributed by atoms with Gasteiger partial charge in [-0.2, -0.15) is 0 Å². The molecule has 1 aromatic carbocycles. The molecule has 1 aromatic rings. The first-order chi connectivity index (χ1) is 12.9. The van der Waals surface area contributed by atoms with Gasteiger partial charge >= 0.3 is 0 Å². The van der Waals surface area contributed by atoms with Crippen LogP contribution in [0.4, 0.5) is 4.39 Å². The number of hydrogen-bond donors (Lipinski definition) is 1. The second-order valence-corrected chi connectivity index (χ2v) is 7.31. The summed E-state index contributed by atoms with van der Waals surface area (Å²) in [5.74, 6) is 3.90. The van der Waals surface area contributed by atoms with Crippen LogP contribution >= 0.6 is 0 Å². The molecule has 0 radical (unpaired) electrons. The lowest BCUT2D eigenvalue weighted by atomic mass is 9.74. The van der Waals surface area contributed by atoms with E-state index in [-0.39, 0.29) is 23.3 Å². The molecule has 6 heteroatoms. The van der Waals surface area contributed by atoms with Crippen molar-refractivity contribution in [3.63, 3.8) is 0 Å². The van der Waals surface area contributed by atoms with Gasteiger partial charge < -0.3 is 19.5 Å². The standard InChI is InChI=1S/C21H26FNO4/c1-5-6-13-11-15(22)17(16(12-13)27-4)18-19(24)21(23(2)20(18)25)9-7-14(26-3)8-10-21/h11-12,14,18-19,24H,7-10H2,1-4H3. The van der Waals surface area contributed by atoms with Gasteiger partial charge in [0.05, 0.1) is 30.8 Å². The highest BCUT2D eigenvalue weighted by Gasteiger charge is 2.58. The van der Waals surface area contributed by atoms with Crippen molar-refractivity contribution >= 4 is 5.91 Å². The highest BCUT2D eigenvalue weighted by molar-refractivity contribution is 5.89. The van der Waals surface area contributed by atoms with E-state index in [0.717, 1.165) is 12.8 Å². The van der Waals surface area contributed by atoms with E-state index < -0.39 is 23.4 Å². The molecule has 1 aliphatic carbocycles. The van der Waals surface area contributed by atoms with Crippen molar-refractivity contribution in [1.82, 2.24) is 4.90 Å². The maximum atomic E-state index is 15.0. The van der Waals surface area contributed by atoms with Gasteiger partial charge in [0.1, 0.15) is 11.6 Å². The summed E-state index contributed by atoms with van der Waals surface area (Å²) in [4.78, 5) is 14.7. The Morgan fingerprint density at radius 1 is 1.30 bits per heavy atom. The van der Waals surface area contributed by atoms with Gasteiger partial charge in [-0.3, -0.25) is 4.79 Å². The zero-order valence-electron chi connectivity index (χ0n) is 16.2. The topological polar surface area (TPSA) is 59.0 Å². The number of amides is 1. The Bertz CT molecular complexity index is 789. The largest absolute Gasteiger partial charge is 0.496 e. The number of hydrogen-bond acceptors (Lipinski definition) is 4. The summed E-state index contributed by atoms with van der Waals surface area (Å²) in [6, 6.07) is 2.91. The fraction of sp³-hybridized carbons (Fsp3) is 0.571. The highest BCUT2D eigenvalue weighted by atomic mass is 19.1. The van der Waals surface area contributed by atoms with Crippen molar-refractivity contribution < 1.29 is 23.8 Å². The van der Waals surface area contributed by atoms with Gasteiger partial charge in [0.2, 0.25) is 5.91 Å². The molecule has 27 heavy (non-hydrogen) atoms. The summed E-state index contributed by atoms with van der Waals surface area (Å²) in [5, 5.41) is 11.2. The molecule has 2 atom stereocenters.